The van der Waals surface area contributed by atoms with Gasteiger partial charge in [-0.2, -0.15) is 12.6 Å². The SMILES string of the molecule is CN[C@@H](CS)C(=O)CSC1CC(=O)N(CCC(=O)CCCOCCOCCC(=O)NCCCCC(=O)[C@H](CCCCN)NC)C1=O. The predicted octanol–water partition coefficient (Wildman–Crippen LogP) is 0.669. The summed E-state index contributed by atoms with van der Waals surface area (Å²) in [6.45, 7) is 2.51. The zero-order chi connectivity index (χ0) is 34.2. The van der Waals surface area contributed by atoms with Crippen molar-refractivity contribution < 1.29 is 38.2 Å². The van der Waals surface area contributed by atoms with Crippen molar-refractivity contribution in [2.45, 2.75) is 88.0 Å². The summed E-state index contributed by atoms with van der Waals surface area (Å²) < 4.78 is 10.9. The maximum Gasteiger partial charge on any atom is 0.242 e. The van der Waals surface area contributed by atoms with E-state index in [1.54, 1.807) is 14.1 Å². The number of nitrogens with two attached hydrogens (primary N) is 1. The van der Waals surface area contributed by atoms with Crippen LogP contribution < -0.4 is 21.7 Å². The van der Waals surface area contributed by atoms with Gasteiger partial charge in [-0.3, -0.25) is 33.7 Å². The summed E-state index contributed by atoms with van der Waals surface area (Å²) >= 11 is 5.29. The van der Waals surface area contributed by atoms with Gasteiger partial charge in [-0.25, -0.2) is 0 Å². The lowest BCUT2D eigenvalue weighted by Gasteiger charge is -2.15. The number of likely N-dealkylation sites (N-methyl/N-ethyl adjacent to an activating group) is 2. The number of hydrogen-bond donors (Lipinski definition) is 5. The summed E-state index contributed by atoms with van der Waals surface area (Å²) in [5, 5.41) is 8.18. The van der Waals surface area contributed by atoms with Crippen molar-refractivity contribution in [3.63, 3.8) is 0 Å². The van der Waals surface area contributed by atoms with E-state index in [9.17, 15) is 28.8 Å². The average Bonchev–Trinajstić information content (AvgIpc) is 3.31. The van der Waals surface area contributed by atoms with Crippen LogP contribution in [0.15, 0.2) is 0 Å². The molecule has 1 fully saturated rings. The molecular weight excluding hydrogens is 635 g/mol. The minimum absolute atomic E-state index is 0.0361. The predicted molar refractivity (Wildman–Crippen MR) is 182 cm³/mol. The Kier molecular flexibility index (Phi) is 23.9. The number of Topliss-reactive ketones (excluding diaryl/α,β-unsaturated/α-hetero) is 3. The maximum absolute atomic E-state index is 12.6. The summed E-state index contributed by atoms with van der Waals surface area (Å²) in [4.78, 5) is 74.7. The molecule has 15 heteroatoms. The van der Waals surface area contributed by atoms with Crippen molar-refractivity contribution >= 4 is 59.5 Å². The summed E-state index contributed by atoms with van der Waals surface area (Å²) in [7, 11) is 3.47. The zero-order valence-electron chi connectivity index (χ0n) is 27.5. The van der Waals surface area contributed by atoms with Crippen LogP contribution in [0.2, 0.25) is 0 Å². The molecule has 1 heterocycles. The van der Waals surface area contributed by atoms with Crippen molar-refractivity contribution in [3.05, 3.63) is 0 Å². The first kappa shape index (κ1) is 42.1. The van der Waals surface area contributed by atoms with Crippen molar-refractivity contribution in [1.82, 2.24) is 20.9 Å². The van der Waals surface area contributed by atoms with Crippen LogP contribution >= 0.6 is 24.4 Å². The molecule has 1 aliphatic heterocycles. The molecule has 1 saturated heterocycles. The molecule has 0 radical (unpaired) electrons. The van der Waals surface area contributed by atoms with Crippen molar-refractivity contribution in [3.8, 4) is 0 Å². The highest BCUT2D eigenvalue weighted by molar-refractivity contribution is 8.01. The minimum atomic E-state index is -0.601. The van der Waals surface area contributed by atoms with Gasteiger partial charge in [-0.15, -0.1) is 11.8 Å². The van der Waals surface area contributed by atoms with Gasteiger partial charge in [0.25, 0.3) is 0 Å². The fraction of sp³-hybridized carbons (Fsp3) is 0.806. The second-order valence-electron chi connectivity index (χ2n) is 11.1. The number of nitrogens with zero attached hydrogens (tertiary/aromatic N) is 1. The summed E-state index contributed by atoms with van der Waals surface area (Å²) in [5.41, 5.74) is 5.51. The van der Waals surface area contributed by atoms with Gasteiger partial charge in [0, 0.05) is 57.6 Å². The molecule has 3 amide bonds. The summed E-state index contributed by atoms with van der Waals surface area (Å²) in [6.07, 6.45) is 5.74. The van der Waals surface area contributed by atoms with E-state index in [0.29, 0.717) is 51.5 Å². The Bertz CT molecular complexity index is 954. The number of ketones is 3. The molecule has 0 saturated carbocycles. The van der Waals surface area contributed by atoms with Crippen LogP contribution in [0.1, 0.15) is 70.6 Å². The third kappa shape index (κ3) is 17.9. The quantitative estimate of drug-likeness (QED) is 0.0404. The number of nitrogens with one attached hydrogen (secondary N) is 3. The van der Waals surface area contributed by atoms with E-state index in [-0.39, 0.29) is 85.7 Å². The van der Waals surface area contributed by atoms with Crippen LogP contribution in [0.4, 0.5) is 0 Å². The lowest BCUT2D eigenvalue weighted by molar-refractivity contribution is -0.138. The van der Waals surface area contributed by atoms with Crippen molar-refractivity contribution in [1.29, 1.82) is 0 Å². The first-order valence-corrected chi connectivity index (χ1v) is 18.0. The van der Waals surface area contributed by atoms with E-state index >= 15 is 0 Å². The van der Waals surface area contributed by atoms with E-state index in [2.05, 4.69) is 28.6 Å². The molecule has 0 aromatic rings. The van der Waals surface area contributed by atoms with Gasteiger partial charge in [-0.05, 0) is 52.7 Å². The molecule has 1 unspecified atom stereocenters. The van der Waals surface area contributed by atoms with E-state index in [0.717, 1.165) is 48.8 Å². The number of ether oxygens (including phenoxy) is 2. The van der Waals surface area contributed by atoms with Gasteiger partial charge >= 0.3 is 0 Å². The standard InChI is InChI=1S/C31H55N5O8S2/c1-33-24(9-3-5-13-32)26(38)10-4-6-14-35-29(40)12-17-44-19-18-43-16-7-8-23(37)11-15-36-30(41)20-28(31(36)42)46-22-27(39)25(21-45)34-2/h24-25,28,33-34,45H,3-22,32H2,1-2H3,(H,35,40)/t24-,25-,28?/m0/s1. The smallest absolute Gasteiger partial charge is 0.242 e. The number of thioether (sulfide) groups is 1. The van der Waals surface area contributed by atoms with Crippen LogP contribution in [-0.2, 0) is 38.2 Å². The van der Waals surface area contributed by atoms with Crippen LogP contribution in [-0.4, -0.2) is 129 Å². The Morgan fingerprint density at radius 1 is 0.891 bits per heavy atom. The monoisotopic (exact) mass is 689 g/mol. The molecule has 1 rings (SSSR count). The van der Waals surface area contributed by atoms with Crippen LogP contribution in [0.25, 0.3) is 0 Å². The number of hydrogen-bond acceptors (Lipinski definition) is 13. The molecule has 0 bridgehead atoms. The number of carbonyl (C=O) groups excluding carboxylic acids is 6. The maximum atomic E-state index is 12.6. The van der Waals surface area contributed by atoms with Gasteiger partial charge in [-0.1, -0.05) is 6.42 Å². The fourth-order valence-corrected chi connectivity index (χ4v) is 6.23. The first-order valence-electron chi connectivity index (χ1n) is 16.3. The Labute approximate surface area is 283 Å². The van der Waals surface area contributed by atoms with E-state index in [1.807, 2.05) is 0 Å². The summed E-state index contributed by atoms with van der Waals surface area (Å²) in [5.74, 6) is -0.240. The molecule has 264 valence electrons. The topological polar surface area (TPSA) is 186 Å². The molecule has 5 N–H and O–H groups in total. The van der Waals surface area contributed by atoms with Crippen LogP contribution in [0.3, 0.4) is 0 Å². The number of amides is 3. The number of unbranched alkanes of at least 4 members (excludes halogenated alkanes) is 2. The molecule has 46 heavy (non-hydrogen) atoms. The second kappa shape index (κ2) is 26.1. The van der Waals surface area contributed by atoms with Crippen molar-refractivity contribution in [2.75, 3.05) is 71.7 Å². The first-order chi connectivity index (χ1) is 22.2. The normalized spacial score (nSPS) is 16.1. The third-order valence-corrected chi connectivity index (χ3v) is 9.20. The highest BCUT2D eigenvalue weighted by Gasteiger charge is 2.39. The van der Waals surface area contributed by atoms with Gasteiger partial charge in [0.15, 0.2) is 5.78 Å². The van der Waals surface area contributed by atoms with Gasteiger partial charge in [0.1, 0.15) is 11.6 Å². The molecule has 0 aromatic heterocycles. The van der Waals surface area contributed by atoms with Gasteiger partial charge in [0.05, 0.1) is 42.9 Å². The highest BCUT2D eigenvalue weighted by Crippen LogP contribution is 2.25. The fourth-order valence-electron chi connectivity index (χ4n) is 4.75. The number of rotatable bonds is 30. The van der Waals surface area contributed by atoms with Crippen LogP contribution in [0, 0.1) is 0 Å². The lowest BCUT2D eigenvalue weighted by atomic mass is 10.0. The molecule has 1 aliphatic rings. The zero-order valence-corrected chi connectivity index (χ0v) is 29.2. The molecule has 3 atom stereocenters. The third-order valence-electron chi connectivity index (χ3n) is 7.61. The second-order valence-corrected chi connectivity index (χ2v) is 12.7. The van der Waals surface area contributed by atoms with Gasteiger partial charge < -0.3 is 31.2 Å². The largest absolute Gasteiger partial charge is 0.379 e. The molecule has 0 aliphatic carbocycles. The number of thiol groups is 1. The van der Waals surface area contributed by atoms with E-state index < -0.39 is 11.3 Å². The minimum Gasteiger partial charge on any atom is -0.379 e. The molecule has 0 spiro atoms. The number of carbonyl (C=O) groups is 6. The van der Waals surface area contributed by atoms with E-state index in [4.69, 9.17) is 15.2 Å². The average molecular weight is 690 g/mol. The highest BCUT2D eigenvalue weighted by atomic mass is 32.2. The number of imide groups is 1. The Hall–Kier alpha value is -1.88. The lowest BCUT2D eigenvalue weighted by Crippen LogP contribution is -2.37. The Morgan fingerprint density at radius 2 is 1.61 bits per heavy atom. The Morgan fingerprint density at radius 3 is 2.28 bits per heavy atom. The molecular formula is C31H55N5O8S2. The van der Waals surface area contributed by atoms with Crippen molar-refractivity contribution in [2.24, 2.45) is 5.73 Å². The van der Waals surface area contributed by atoms with Crippen LogP contribution in [0.5, 0.6) is 0 Å². The Balaban J connectivity index is 2.03. The van der Waals surface area contributed by atoms with E-state index in [1.165, 1.54) is 0 Å². The summed E-state index contributed by atoms with van der Waals surface area (Å²) in [6, 6.07) is -0.525. The molecule has 0 aromatic carbocycles. The number of likely N-dealkylation sites (tertiary alicyclic amines) is 1. The molecule has 13 nitrogen and oxygen atoms in total. The van der Waals surface area contributed by atoms with Gasteiger partial charge in [0.2, 0.25) is 17.7 Å².